The van der Waals surface area contributed by atoms with E-state index in [9.17, 15) is 0 Å². The van der Waals surface area contributed by atoms with Crippen molar-refractivity contribution in [3.8, 4) is 5.69 Å². The molecule has 0 radical (unpaired) electrons. The van der Waals surface area contributed by atoms with E-state index in [2.05, 4.69) is 87.9 Å². The molecule has 2 aliphatic heterocycles. The molecular weight excluding hydrogens is 458 g/mol. The molecule has 0 unspecified atom stereocenters. The topological polar surface area (TPSA) is 62.1 Å². The van der Waals surface area contributed by atoms with E-state index in [0.29, 0.717) is 5.95 Å². The van der Waals surface area contributed by atoms with Crippen LogP contribution >= 0.6 is 0 Å². The third-order valence-corrected chi connectivity index (χ3v) is 7.81. The summed E-state index contributed by atoms with van der Waals surface area (Å²) in [6, 6.07) is 15.1. The summed E-state index contributed by atoms with van der Waals surface area (Å²) in [4.78, 5) is 19.6. The molecule has 4 aromatic rings. The summed E-state index contributed by atoms with van der Waals surface area (Å²) in [5.41, 5.74) is 8.80. The van der Waals surface area contributed by atoms with Gasteiger partial charge in [0.25, 0.3) is 0 Å². The lowest BCUT2D eigenvalue weighted by Gasteiger charge is -2.31. The summed E-state index contributed by atoms with van der Waals surface area (Å²) >= 11 is 0. The van der Waals surface area contributed by atoms with Crippen LogP contribution in [0.1, 0.15) is 46.4 Å². The van der Waals surface area contributed by atoms with Crippen molar-refractivity contribution in [3.05, 3.63) is 88.5 Å². The van der Waals surface area contributed by atoms with Crippen LogP contribution in [-0.2, 0) is 19.5 Å². The Morgan fingerprint density at radius 2 is 1.68 bits per heavy atom. The smallest absolute Gasteiger partial charge is 0.230 e. The van der Waals surface area contributed by atoms with Crippen molar-refractivity contribution in [3.63, 3.8) is 0 Å². The Labute approximate surface area is 219 Å². The molecule has 0 amide bonds. The maximum absolute atomic E-state index is 5.03. The maximum Gasteiger partial charge on any atom is 0.230 e. The van der Waals surface area contributed by atoms with E-state index in [1.54, 1.807) is 0 Å². The predicted molar refractivity (Wildman–Crippen MR) is 149 cm³/mol. The van der Waals surface area contributed by atoms with Gasteiger partial charge in [0.15, 0.2) is 5.82 Å². The quantitative estimate of drug-likeness (QED) is 0.383. The summed E-state index contributed by atoms with van der Waals surface area (Å²) < 4.78 is 2.06. The molecule has 2 aliphatic rings. The van der Waals surface area contributed by atoms with Gasteiger partial charge in [-0.15, -0.1) is 0 Å². The lowest BCUT2D eigenvalue weighted by Crippen LogP contribution is -2.33. The molecule has 7 heteroatoms. The summed E-state index contributed by atoms with van der Waals surface area (Å²) in [7, 11) is 0. The number of nitrogens with zero attached hydrogens (tertiary/aromatic N) is 6. The molecule has 2 aromatic carbocycles. The number of aromatic nitrogens is 4. The number of benzene rings is 2. The first kappa shape index (κ1) is 23.7. The van der Waals surface area contributed by atoms with Gasteiger partial charge in [0, 0.05) is 44.0 Å². The number of imidazole rings is 1. The number of hydrogen-bond donors (Lipinski definition) is 1. The second-order valence-corrected chi connectivity index (χ2v) is 10.4. The minimum atomic E-state index is 0.628. The van der Waals surface area contributed by atoms with E-state index < -0.39 is 0 Å². The van der Waals surface area contributed by atoms with E-state index in [1.165, 1.54) is 40.7 Å². The average molecular weight is 494 g/mol. The van der Waals surface area contributed by atoms with E-state index in [-0.39, 0.29) is 0 Å². The van der Waals surface area contributed by atoms with Crippen molar-refractivity contribution in [1.29, 1.82) is 0 Å². The maximum atomic E-state index is 5.03. The highest BCUT2D eigenvalue weighted by Gasteiger charge is 2.26. The summed E-state index contributed by atoms with van der Waals surface area (Å²) in [6.07, 6.45) is 7.30. The van der Waals surface area contributed by atoms with Gasteiger partial charge in [-0.25, -0.2) is 9.97 Å². The zero-order valence-corrected chi connectivity index (χ0v) is 22.0. The molecule has 6 rings (SSSR count). The van der Waals surface area contributed by atoms with Crippen molar-refractivity contribution in [2.45, 2.75) is 53.1 Å². The average Bonchev–Trinajstić information content (AvgIpc) is 3.60. The molecule has 1 N–H and O–H groups in total. The molecule has 1 fully saturated rings. The highest BCUT2D eigenvalue weighted by Crippen LogP contribution is 2.31. The molecular formula is C30H35N7. The number of hydrogen-bond acceptors (Lipinski definition) is 6. The van der Waals surface area contributed by atoms with Crippen LogP contribution in [0, 0.1) is 20.8 Å². The van der Waals surface area contributed by atoms with Crippen molar-refractivity contribution in [1.82, 2.24) is 24.4 Å². The Balaban J connectivity index is 1.28. The minimum absolute atomic E-state index is 0.628. The van der Waals surface area contributed by atoms with E-state index in [1.807, 2.05) is 12.5 Å². The Hall–Kier alpha value is -3.71. The van der Waals surface area contributed by atoms with Crippen molar-refractivity contribution >= 4 is 17.6 Å². The molecule has 0 bridgehead atoms. The lowest BCUT2D eigenvalue weighted by atomic mass is 10.0. The molecule has 7 nitrogen and oxygen atoms in total. The van der Waals surface area contributed by atoms with Crippen molar-refractivity contribution < 1.29 is 0 Å². The van der Waals surface area contributed by atoms with Crippen LogP contribution in [0.2, 0.25) is 0 Å². The summed E-state index contributed by atoms with van der Waals surface area (Å²) in [5, 5.41) is 3.41. The van der Waals surface area contributed by atoms with Gasteiger partial charge in [-0.3, -0.25) is 4.90 Å². The van der Waals surface area contributed by atoms with Crippen LogP contribution in [0.4, 0.5) is 17.6 Å². The van der Waals surface area contributed by atoms with Gasteiger partial charge in [-0.1, -0.05) is 30.3 Å². The largest absolute Gasteiger partial charge is 0.356 e. The standard InChI is InChI=1S/C30H35N7/c1-21-15-25(16-22(2)23(21)3)37-19-28(31-20-37)33-30-32-27-18-35(17-24-9-5-4-6-10-24)14-11-26(27)29(34-30)36-12-7-8-13-36/h4-6,9-10,15-16,19-20H,7-8,11-14,17-18H2,1-3H3,(H,32,33,34). The number of nitrogens with one attached hydrogen (secondary N) is 1. The van der Waals surface area contributed by atoms with Gasteiger partial charge in [-0.05, 0) is 74.4 Å². The normalized spacial score (nSPS) is 15.7. The number of aryl methyl sites for hydroxylation is 2. The monoisotopic (exact) mass is 493 g/mol. The van der Waals surface area contributed by atoms with Gasteiger partial charge in [-0.2, -0.15) is 4.98 Å². The molecule has 1 saturated heterocycles. The van der Waals surface area contributed by atoms with Crippen LogP contribution in [0.15, 0.2) is 55.0 Å². The van der Waals surface area contributed by atoms with E-state index in [0.717, 1.165) is 62.2 Å². The molecule has 190 valence electrons. The zero-order valence-electron chi connectivity index (χ0n) is 22.0. The first-order valence-electron chi connectivity index (χ1n) is 13.3. The zero-order chi connectivity index (χ0) is 25.4. The highest BCUT2D eigenvalue weighted by molar-refractivity contribution is 5.58. The van der Waals surface area contributed by atoms with Gasteiger partial charge in [0.1, 0.15) is 12.1 Å². The number of fused-ring (bicyclic) bond motifs is 1. The van der Waals surface area contributed by atoms with Crippen LogP contribution in [0.3, 0.4) is 0 Å². The fraction of sp³-hybridized carbons (Fsp3) is 0.367. The number of anilines is 3. The number of rotatable bonds is 6. The Bertz CT molecular complexity index is 1380. The molecule has 0 aliphatic carbocycles. The van der Waals surface area contributed by atoms with Gasteiger partial charge >= 0.3 is 0 Å². The molecule has 0 spiro atoms. The Morgan fingerprint density at radius 1 is 0.919 bits per heavy atom. The second kappa shape index (κ2) is 9.98. The fourth-order valence-corrected chi connectivity index (χ4v) is 5.49. The minimum Gasteiger partial charge on any atom is -0.356 e. The Kier molecular flexibility index (Phi) is 6.38. The highest BCUT2D eigenvalue weighted by atomic mass is 15.3. The molecule has 0 atom stereocenters. The first-order valence-corrected chi connectivity index (χ1v) is 13.3. The van der Waals surface area contributed by atoms with E-state index in [4.69, 9.17) is 9.97 Å². The predicted octanol–water partition coefficient (Wildman–Crippen LogP) is 5.49. The van der Waals surface area contributed by atoms with Crippen molar-refractivity contribution in [2.24, 2.45) is 0 Å². The van der Waals surface area contributed by atoms with Gasteiger partial charge in [0.2, 0.25) is 5.95 Å². The lowest BCUT2D eigenvalue weighted by molar-refractivity contribution is 0.241. The molecule has 4 heterocycles. The summed E-state index contributed by atoms with van der Waals surface area (Å²) in [5.74, 6) is 2.48. The third-order valence-electron chi connectivity index (χ3n) is 7.81. The fourth-order valence-electron chi connectivity index (χ4n) is 5.49. The van der Waals surface area contributed by atoms with E-state index >= 15 is 0 Å². The third kappa shape index (κ3) is 4.96. The van der Waals surface area contributed by atoms with Crippen LogP contribution < -0.4 is 10.2 Å². The second-order valence-electron chi connectivity index (χ2n) is 10.4. The van der Waals surface area contributed by atoms with Crippen LogP contribution in [0.5, 0.6) is 0 Å². The van der Waals surface area contributed by atoms with Crippen LogP contribution in [-0.4, -0.2) is 44.1 Å². The van der Waals surface area contributed by atoms with Crippen LogP contribution in [0.25, 0.3) is 5.69 Å². The first-order chi connectivity index (χ1) is 18.0. The molecule has 2 aromatic heterocycles. The molecule has 0 saturated carbocycles. The Morgan fingerprint density at radius 3 is 2.43 bits per heavy atom. The van der Waals surface area contributed by atoms with Gasteiger partial charge in [0.05, 0.1) is 11.9 Å². The molecule has 37 heavy (non-hydrogen) atoms. The SMILES string of the molecule is Cc1cc(-n2cnc(Nc3nc4c(c(N5CCCC5)n3)CCN(Cc3ccccc3)C4)c2)cc(C)c1C. The summed E-state index contributed by atoms with van der Waals surface area (Å²) in [6.45, 7) is 11.4. The van der Waals surface area contributed by atoms with Gasteiger partial charge < -0.3 is 14.8 Å². The van der Waals surface area contributed by atoms with Crippen molar-refractivity contribution in [2.75, 3.05) is 29.9 Å².